The van der Waals surface area contributed by atoms with Gasteiger partial charge in [-0.2, -0.15) is 0 Å². The van der Waals surface area contributed by atoms with E-state index in [4.69, 9.17) is 4.74 Å². The number of carbonyl (C=O) groups is 1. The van der Waals surface area contributed by atoms with Crippen LogP contribution in [-0.2, 0) is 4.74 Å². The summed E-state index contributed by atoms with van der Waals surface area (Å²) in [6, 6.07) is 6.93. The number of benzene rings is 1. The van der Waals surface area contributed by atoms with Crippen LogP contribution in [0.3, 0.4) is 0 Å². The van der Waals surface area contributed by atoms with Crippen molar-refractivity contribution in [3.63, 3.8) is 0 Å². The van der Waals surface area contributed by atoms with Crippen LogP contribution in [0.4, 0.5) is 0 Å². The summed E-state index contributed by atoms with van der Waals surface area (Å²) in [6.45, 7) is 5.26. The van der Waals surface area contributed by atoms with Crippen LogP contribution >= 0.6 is 0 Å². The standard InChI is InChI=1S/C14H16O3/c1-4-17-13(15)12-8-6-5-7-11(12)9-10-14(2,3)16/h5-8,16H,4H2,1-3H3. The Labute approximate surface area is 101 Å². The van der Waals surface area contributed by atoms with E-state index in [0.29, 0.717) is 17.7 Å². The van der Waals surface area contributed by atoms with Crippen molar-refractivity contribution in [2.45, 2.75) is 26.4 Å². The zero-order valence-electron chi connectivity index (χ0n) is 10.3. The first kappa shape index (κ1) is 13.3. The lowest BCUT2D eigenvalue weighted by atomic mass is 10.1. The van der Waals surface area contributed by atoms with Gasteiger partial charge in [0.1, 0.15) is 5.60 Å². The van der Waals surface area contributed by atoms with E-state index in [9.17, 15) is 9.90 Å². The molecule has 0 aliphatic rings. The van der Waals surface area contributed by atoms with E-state index in [0.717, 1.165) is 0 Å². The van der Waals surface area contributed by atoms with Crippen molar-refractivity contribution >= 4 is 5.97 Å². The van der Waals surface area contributed by atoms with Gasteiger partial charge in [0.2, 0.25) is 0 Å². The van der Waals surface area contributed by atoms with Gasteiger partial charge in [0.05, 0.1) is 12.2 Å². The maximum absolute atomic E-state index is 11.6. The van der Waals surface area contributed by atoms with Crippen LogP contribution in [0.1, 0.15) is 36.7 Å². The lowest BCUT2D eigenvalue weighted by Crippen LogP contribution is -2.15. The number of aliphatic hydroxyl groups is 1. The van der Waals surface area contributed by atoms with E-state index in [-0.39, 0.29) is 0 Å². The number of esters is 1. The molecule has 1 N–H and O–H groups in total. The molecule has 1 aromatic rings. The Kier molecular flexibility index (Phi) is 4.30. The van der Waals surface area contributed by atoms with E-state index in [1.807, 2.05) is 0 Å². The maximum Gasteiger partial charge on any atom is 0.339 e. The summed E-state index contributed by atoms with van der Waals surface area (Å²) in [5.41, 5.74) is -0.0962. The van der Waals surface area contributed by atoms with Gasteiger partial charge in [-0.3, -0.25) is 0 Å². The molecule has 0 aliphatic carbocycles. The van der Waals surface area contributed by atoms with Gasteiger partial charge in [-0.25, -0.2) is 4.79 Å². The minimum absolute atomic E-state index is 0.325. The fourth-order valence-electron chi connectivity index (χ4n) is 1.20. The normalized spacial score (nSPS) is 10.4. The number of rotatable bonds is 2. The summed E-state index contributed by atoms with van der Waals surface area (Å²) in [5.74, 6) is 5.07. The van der Waals surface area contributed by atoms with Crippen LogP contribution in [0.15, 0.2) is 24.3 Å². The first-order chi connectivity index (χ1) is 7.94. The molecule has 0 unspecified atom stereocenters. The van der Waals surface area contributed by atoms with Crippen molar-refractivity contribution in [1.82, 2.24) is 0 Å². The predicted octanol–water partition coefficient (Wildman–Crippen LogP) is 1.99. The molecule has 0 aliphatic heterocycles. The summed E-state index contributed by atoms with van der Waals surface area (Å²) in [4.78, 5) is 11.6. The summed E-state index contributed by atoms with van der Waals surface area (Å²) < 4.78 is 4.93. The summed E-state index contributed by atoms with van der Waals surface area (Å²) in [7, 11) is 0. The molecule has 0 atom stereocenters. The molecule has 3 nitrogen and oxygen atoms in total. The van der Waals surface area contributed by atoms with Crippen molar-refractivity contribution < 1.29 is 14.6 Å². The zero-order chi connectivity index (χ0) is 12.9. The molecule has 0 saturated heterocycles. The topological polar surface area (TPSA) is 46.5 Å². The Hall–Kier alpha value is -1.79. The Morgan fingerprint density at radius 1 is 1.41 bits per heavy atom. The summed E-state index contributed by atoms with van der Waals surface area (Å²) in [6.07, 6.45) is 0. The van der Waals surface area contributed by atoms with Gasteiger partial charge in [-0.05, 0) is 32.9 Å². The molecule has 3 heteroatoms. The van der Waals surface area contributed by atoms with E-state index >= 15 is 0 Å². The van der Waals surface area contributed by atoms with Crippen molar-refractivity contribution in [3.8, 4) is 11.8 Å². The van der Waals surface area contributed by atoms with Gasteiger partial charge < -0.3 is 9.84 Å². The van der Waals surface area contributed by atoms with Gasteiger partial charge in [0.25, 0.3) is 0 Å². The molecule has 0 saturated carbocycles. The van der Waals surface area contributed by atoms with Gasteiger partial charge in [-0.1, -0.05) is 24.0 Å². The molecule has 0 spiro atoms. The Morgan fingerprint density at radius 2 is 2.06 bits per heavy atom. The van der Waals surface area contributed by atoms with E-state index in [2.05, 4.69) is 11.8 Å². The van der Waals surface area contributed by atoms with E-state index in [1.165, 1.54) is 0 Å². The average molecular weight is 232 g/mol. The molecule has 1 aromatic carbocycles. The second-order valence-electron chi connectivity index (χ2n) is 4.08. The Bertz CT molecular complexity index is 458. The molecule has 0 aromatic heterocycles. The number of hydrogen-bond donors (Lipinski definition) is 1. The molecule has 0 heterocycles. The van der Waals surface area contributed by atoms with Gasteiger partial charge in [0, 0.05) is 5.56 Å². The van der Waals surface area contributed by atoms with Crippen LogP contribution in [0.2, 0.25) is 0 Å². The average Bonchev–Trinajstić information content (AvgIpc) is 2.26. The molecule has 0 bridgehead atoms. The minimum Gasteiger partial charge on any atom is -0.462 e. The molecular weight excluding hydrogens is 216 g/mol. The second kappa shape index (κ2) is 5.51. The molecule has 0 fully saturated rings. The third-order valence-corrected chi connectivity index (χ3v) is 1.93. The predicted molar refractivity (Wildman–Crippen MR) is 65.6 cm³/mol. The number of ether oxygens (including phenoxy) is 1. The Morgan fingerprint density at radius 3 is 2.65 bits per heavy atom. The van der Waals surface area contributed by atoms with E-state index in [1.54, 1.807) is 45.0 Å². The molecule has 0 radical (unpaired) electrons. The van der Waals surface area contributed by atoms with Crippen LogP contribution < -0.4 is 0 Å². The zero-order valence-corrected chi connectivity index (χ0v) is 10.3. The van der Waals surface area contributed by atoms with Crippen LogP contribution in [0, 0.1) is 11.8 Å². The largest absolute Gasteiger partial charge is 0.462 e. The van der Waals surface area contributed by atoms with Gasteiger partial charge >= 0.3 is 5.97 Å². The molecule has 90 valence electrons. The third-order valence-electron chi connectivity index (χ3n) is 1.93. The molecule has 0 amide bonds. The van der Waals surface area contributed by atoms with Crippen LogP contribution in [0.5, 0.6) is 0 Å². The number of hydrogen-bond acceptors (Lipinski definition) is 3. The Balaban J connectivity index is 3.07. The SMILES string of the molecule is CCOC(=O)c1ccccc1C#CC(C)(C)O. The van der Waals surface area contributed by atoms with Crippen molar-refractivity contribution in [3.05, 3.63) is 35.4 Å². The summed E-state index contributed by atoms with van der Waals surface area (Å²) >= 11 is 0. The minimum atomic E-state index is -1.08. The lowest BCUT2D eigenvalue weighted by molar-refractivity contribution is 0.0526. The quantitative estimate of drug-likeness (QED) is 0.626. The first-order valence-electron chi connectivity index (χ1n) is 5.45. The molecular formula is C14H16O3. The van der Waals surface area contributed by atoms with E-state index < -0.39 is 11.6 Å². The fraction of sp³-hybridized carbons (Fsp3) is 0.357. The smallest absolute Gasteiger partial charge is 0.339 e. The molecule has 17 heavy (non-hydrogen) atoms. The molecule has 1 rings (SSSR count). The third kappa shape index (κ3) is 4.29. The van der Waals surface area contributed by atoms with Gasteiger partial charge in [0.15, 0.2) is 0 Å². The number of carbonyl (C=O) groups excluding carboxylic acids is 1. The first-order valence-corrected chi connectivity index (χ1v) is 5.45. The van der Waals surface area contributed by atoms with Crippen molar-refractivity contribution in [2.75, 3.05) is 6.61 Å². The van der Waals surface area contributed by atoms with Crippen LogP contribution in [0.25, 0.3) is 0 Å². The lowest BCUT2D eigenvalue weighted by Gasteiger charge is -2.07. The highest BCUT2D eigenvalue weighted by atomic mass is 16.5. The van der Waals surface area contributed by atoms with Gasteiger partial charge in [-0.15, -0.1) is 0 Å². The van der Waals surface area contributed by atoms with Crippen molar-refractivity contribution in [1.29, 1.82) is 0 Å². The maximum atomic E-state index is 11.6. The monoisotopic (exact) mass is 232 g/mol. The highest BCUT2D eigenvalue weighted by Gasteiger charge is 2.11. The fourth-order valence-corrected chi connectivity index (χ4v) is 1.20. The highest BCUT2D eigenvalue weighted by Crippen LogP contribution is 2.10. The van der Waals surface area contributed by atoms with Crippen molar-refractivity contribution in [2.24, 2.45) is 0 Å². The summed E-state index contributed by atoms with van der Waals surface area (Å²) in [5, 5.41) is 9.52. The highest BCUT2D eigenvalue weighted by molar-refractivity contribution is 5.92. The van der Waals surface area contributed by atoms with Crippen LogP contribution in [-0.4, -0.2) is 23.3 Å². The second-order valence-corrected chi connectivity index (χ2v) is 4.08.